The molecule has 1 fully saturated rings. The van der Waals surface area contributed by atoms with Crippen LogP contribution in [0.1, 0.15) is 0 Å². The summed E-state index contributed by atoms with van der Waals surface area (Å²) in [5.41, 5.74) is 0. The molecule has 0 radical (unpaired) electrons. The zero-order valence-corrected chi connectivity index (χ0v) is 5.82. The van der Waals surface area contributed by atoms with E-state index in [1.54, 1.807) is 0 Å². The highest BCUT2D eigenvalue weighted by molar-refractivity contribution is 4.51. The zero-order valence-electron chi connectivity index (χ0n) is 5.82. The summed E-state index contributed by atoms with van der Waals surface area (Å²) in [5.74, 6) is 0. The molecular weight excluding hydrogens is 114 g/mol. The molecule has 3 nitrogen and oxygen atoms in total. The van der Waals surface area contributed by atoms with Crippen LogP contribution < -0.4 is 16.0 Å². The van der Waals surface area contributed by atoms with Crippen LogP contribution in [-0.4, -0.2) is 39.3 Å². The van der Waals surface area contributed by atoms with Gasteiger partial charge in [0.05, 0.1) is 13.1 Å². The average molecular weight is 130 g/mol. The van der Waals surface area contributed by atoms with Crippen molar-refractivity contribution in [3.63, 3.8) is 0 Å². The Morgan fingerprint density at radius 1 is 0.778 bits per heavy atom. The second-order valence-electron chi connectivity index (χ2n) is 2.37. The first-order chi connectivity index (χ1) is 4.50. The predicted molar refractivity (Wildman–Crippen MR) is 37.4 cm³/mol. The van der Waals surface area contributed by atoms with Gasteiger partial charge in [-0.3, -0.25) is 0 Å². The standard InChI is InChI=1S/C6H15N3/c1-2-8-5-6-9-4-3-7-1/h7-9H,1-6H2/p+1. The van der Waals surface area contributed by atoms with E-state index < -0.39 is 0 Å². The molecule has 0 aromatic rings. The van der Waals surface area contributed by atoms with E-state index in [4.69, 9.17) is 0 Å². The molecule has 1 aliphatic rings. The number of hydrogen-bond acceptors (Lipinski definition) is 2. The van der Waals surface area contributed by atoms with Gasteiger partial charge >= 0.3 is 0 Å². The van der Waals surface area contributed by atoms with Crippen molar-refractivity contribution in [2.75, 3.05) is 39.3 Å². The van der Waals surface area contributed by atoms with Gasteiger partial charge in [0.25, 0.3) is 0 Å². The van der Waals surface area contributed by atoms with Crippen LogP contribution >= 0.6 is 0 Å². The van der Waals surface area contributed by atoms with Gasteiger partial charge in [0.1, 0.15) is 0 Å². The van der Waals surface area contributed by atoms with Gasteiger partial charge < -0.3 is 16.0 Å². The summed E-state index contributed by atoms with van der Waals surface area (Å²) in [7, 11) is 0. The van der Waals surface area contributed by atoms with Gasteiger partial charge in [-0.05, 0) is 0 Å². The maximum absolute atomic E-state index is 3.33. The van der Waals surface area contributed by atoms with Gasteiger partial charge in [0, 0.05) is 26.2 Å². The molecule has 0 aromatic heterocycles. The maximum atomic E-state index is 3.33. The Kier molecular flexibility index (Phi) is 3.68. The summed E-state index contributed by atoms with van der Waals surface area (Å²) < 4.78 is 0. The Morgan fingerprint density at radius 2 is 1.33 bits per heavy atom. The quantitative estimate of drug-likeness (QED) is 0.346. The van der Waals surface area contributed by atoms with Crippen LogP contribution in [0.25, 0.3) is 0 Å². The van der Waals surface area contributed by atoms with E-state index in [0.717, 1.165) is 26.2 Å². The minimum absolute atomic E-state index is 1.12. The van der Waals surface area contributed by atoms with Crippen molar-refractivity contribution < 1.29 is 5.32 Å². The fraction of sp³-hybridized carbons (Fsp3) is 1.00. The minimum atomic E-state index is 1.12. The predicted octanol–water partition coefficient (Wildman–Crippen LogP) is -2.26. The van der Waals surface area contributed by atoms with E-state index in [-0.39, 0.29) is 0 Å². The second-order valence-corrected chi connectivity index (χ2v) is 2.37. The molecule has 1 rings (SSSR count). The van der Waals surface area contributed by atoms with E-state index in [1.807, 2.05) is 0 Å². The molecule has 0 aromatic carbocycles. The Morgan fingerprint density at radius 3 is 1.89 bits per heavy atom. The largest absolute Gasteiger partial charge is 0.344 e. The van der Waals surface area contributed by atoms with Crippen molar-refractivity contribution >= 4 is 0 Å². The molecule has 0 bridgehead atoms. The molecule has 0 atom stereocenters. The normalized spacial score (nSPS) is 24.0. The van der Waals surface area contributed by atoms with Crippen LogP contribution in [0, 0.1) is 0 Å². The van der Waals surface area contributed by atoms with Crippen molar-refractivity contribution in [2.24, 2.45) is 0 Å². The zero-order chi connectivity index (χ0) is 6.36. The molecule has 3 heteroatoms. The summed E-state index contributed by atoms with van der Waals surface area (Å²) in [6.45, 7) is 6.99. The maximum Gasteiger partial charge on any atom is 0.0882 e. The van der Waals surface area contributed by atoms with Crippen LogP contribution in [0.4, 0.5) is 0 Å². The summed E-state index contributed by atoms with van der Waals surface area (Å²) in [6, 6.07) is 0. The van der Waals surface area contributed by atoms with Crippen molar-refractivity contribution in [1.29, 1.82) is 0 Å². The highest BCUT2D eigenvalue weighted by Crippen LogP contribution is 1.59. The molecule has 0 amide bonds. The van der Waals surface area contributed by atoms with Crippen LogP contribution in [-0.2, 0) is 0 Å². The fourth-order valence-corrected chi connectivity index (χ4v) is 0.979. The van der Waals surface area contributed by atoms with E-state index in [9.17, 15) is 0 Å². The highest BCUT2D eigenvalue weighted by Gasteiger charge is 1.94. The molecule has 0 unspecified atom stereocenters. The molecule has 0 saturated carbocycles. The summed E-state index contributed by atoms with van der Waals surface area (Å²) in [6.07, 6.45) is 0. The van der Waals surface area contributed by atoms with Crippen molar-refractivity contribution in [2.45, 2.75) is 0 Å². The molecule has 1 saturated heterocycles. The number of quaternary nitrogens is 1. The second kappa shape index (κ2) is 4.73. The van der Waals surface area contributed by atoms with Crippen LogP contribution in [0.3, 0.4) is 0 Å². The monoisotopic (exact) mass is 130 g/mol. The van der Waals surface area contributed by atoms with Gasteiger partial charge in [-0.25, -0.2) is 0 Å². The molecule has 0 aliphatic carbocycles. The Hall–Kier alpha value is -0.120. The SMILES string of the molecule is C1CNCC[NH2+]CCN1. The Balaban J connectivity index is 2.02. The van der Waals surface area contributed by atoms with Gasteiger partial charge in [-0.2, -0.15) is 0 Å². The Labute approximate surface area is 56.2 Å². The van der Waals surface area contributed by atoms with Crippen LogP contribution in [0.15, 0.2) is 0 Å². The van der Waals surface area contributed by atoms with Gasteiger partial charge in [-0.15, -0.1) is 0 Å². The van der Waals surface area contributed by atoms with Gasteiger partial charge in [0.15, 0.2) is 0 Å². The first kappa shape index (κ1) is 6.99. The summed E-state index contributed by atoms with van der Waals surface area (Å²) >= 11 is 0. The number of hydrogen-bond donors (Lipinski definition) is 3. The lowest BCUT2D eigenvalue weighted by atomic mass is 10.6. The third-order valence-corrected chi connectivity index (χ3v) is 1.53. The average Bonchev–Trinajstić information content (AvgIpc) is 2.00. The van der Waals surface area contributed by atoms with E-state index >= 15 is 0 Å². The molecule has 9 heavy (non-hydrogen) atoms. The topological polar surface area (TPSA) is 40.7 Å². The molecular formula is C6H16N3+. The van der Waals surface area contributed by atoms with E-state index in [2.05, 4.69) is 16.0 Å². The number of nitrogens with two attached hydrogens (primary N) is 1. The molecule has 4 N–H and O–H groups in total. The first-order valence-electron chi connectivity index (χ1n) is 3.73. The molecule has 1 aliphatic heterocycles. The lowest BCUT2D eigenvalue weighted by Gasteiger charge is -1.98. The van der Waals surface area contributed by atoms with Crippen molar-refractivity contribution in [3.8, 4) is 0 Å². The van der Waals surface area contributed by atoms with E-state index in [0.29, 0.717) is 0 Å². The van der Waals surface area contributed by atoms with Crippen molar-refractivity contribution in [1.82, 2.24) is 10.6 Å². The van der Waals surface area contributed by atoms with Crippen LogP contribution in [0.5, 0.6) is 0 Å². The third-order valence-electron chi connectivity index (χ3n) is 1.53. The molecule has 54 valence electrons. The smallest absolute Gasteiger partial charge is 0.0882 e. The van der Waals surface area contributed by atoms with Gasteiger partial charge in [0.2, 0.25) is 0 Å². The molecule has 0 spiro atoms. The van der Waals surface area contributed by atoms with E-state index in [1.165, 1.54) is 13.1 Å². The van der Waals surface area contributed by atoms with Crippen molar-refractivity contribution in [3.05, 3.63) is 0 Å². The molecule has 1 heterocycles. The summed E-state index contributed by atoms with van der Waals surface area (Å²) in [4.78, 5) is 0. The minimum Gasteiger partial charge on any atom is -0.344 e. The number of rotatable bonds is 0. The van der Waals surface area contributed by atoms with Crippen LogP contribution in [0.2, 0.25) is 0 Å². The Bertz CT molecular complexity index is 36.8. The lowest BCUT2D eigenvalue weighted by molar-refractivity contribution is -0.651. The number of nitrogens with one attached hydrogen (secondary N) is 2. The lowest BCUT2D eigenvalue weighted by Crippen LogP contribution is -2.86. The third kappa shape index (κ3) is 3.46. The summed E-state index contributed by atoms with van der Waals surface area (Å²) in [5, 5.41) is 9.01. The first-order valence-corrected chi connectivity index (χ1v) is 3.73. The van der Waals surface area contributed by atoms with Gasteiger partial charge in [-0.1, -0.05) is 0 Å². The fourth-order valence-electron chi connectivity index (χ4n) is 0.979. The highest BCUT2D eigenvalue weighted by atomic mass is 15.0.